The Morgan fingerprint density at radius 3 is 2.89 bits per heavy atom. The lowest BCUT2D eigenvalue weighted by molar-refractivity contribution is 0.0686. The van der Waals surface area contributed by atoms with Gasteiger partial charge in [0.05, 0.1) is 37.2 Å². The molecule has 35 heavy (non-hydrogen) atoms. The molecule has 2 N–H and O–H groups in total. The Hall–Kier alpha value is -3.57. The van der Waals surface area contributed by atoms with E-state index in [2.05, 4.69) is 20.3 Å². The molecule has 11 heteroatoms. The van der Waals surface area contributed by atoms with E-state index < -0.39 is 12.2 Å². The third-order valence-corrected chi connectivity index (χ3v) is 7.02. The Balaban J connectivity index is 1.40. The highest BCUT2D eigenvalue weighted by Gasteiger charge is 2.34. The van der Waals surface area contributed by atoms with E-state index in [-0.39, 0.29) is 18.1 Å². The molecule has 0 bridgehead atoms. The summed E-state index contributed by atoms with van der Waals surface area (Å²) in [5.41, 5.74) is 3.09. The van der Waals surface area contributed by atoms with Crippen molar-refractivity contribution in [2.75, 3.05) is 32.7 Å². The van der Waals surface area contributed by atoms with E-state index in [0.29, 0.717) is 48.8 Å². The number of rotatable bonds is 6. The second-order valence-electron chi connectivity index (χ2n) is 8.95. The van der Waals surface area contributed by atoms with Gasteiger partial charge in [-0.15, -0.1) is 0 Å². The highest BCUT2D eigenvalue weighted by molar-refractivity contribution is 6.00. The summed E-state index contributed by atoms with van der Waals surface area (Å²) in [5, 5.41) is 10.2. The van der Waals surface area contributed by atoms with Crippen molar-refractivity contribution in [2.45, 2.75) is 37.2 Å². The Morgan fingerprint density at radius 2 is 2.14 bits per heavy atom. The van der Waals surface area contributed by atoms with Gasteiger partial charge in [0.15, 0.2) is 5.65 Å². The van der Waals surface area contributed by atoms with E-state index in [1.807, 2.05) is 24.4 Å². The lowest BCUT2D eigenvalue weighted by Crippen LogP contribution is -2.48. The molecule has 182 valence electrons. The van der Waals surface area contributed by atoms with Crippen LogP contribution in [0.4, 0.5) is 10.2 Å². The molecule has 1 saturated carbocycles. The molecule has 5 heterocycles. The lowest BCUT2D eigenvalue weighted by atomic mass is 9.90. The number of hydrogen-bond acceptors (Lipinski definition) is 7. The lowest BCUT2D eigenvalue weighted by Gasteiger charge is -2.30. The molecule has 2 aromatic heterocycles. The molecule has 0 spiro atoms. The molecule has 1 saturated heterocycles. The number of carbonyl (C=O) groups excluding carboxylic acids is 1. The number of ether oxygens (including phenoxy) is 2. The Morgan fingerprint density at radius 1 is 1.26 bits per heavy atom. The van der Waals surface area contributed by atoms with Crippen molar-refractivity contribution in [1.29, 1.82) is 0 Å². The fourth-order valence-electron chi connectivity index (χ4n) is 4.84. The van der Waals surface area contributed by atoms with Crippen molar-refractivity contribution in [2.24, 2.45) is 0 Å². The SMILES string of the molecule is CNc1cc(-c2cnc3n([C@H]4COC[C@@H]4OC)cccc2-3)nc2c(C(=O)N[C@@H]3CC[C@@H]3F)cnn12. The first-order valence-corrected chi connectivity index (χ1v) is 11.7. The minimum Gasteiger partial charge on any atom is -0.377 e. The van der Waals surface area contributed by atoms with Crippen LogP contribution in [0.3, 0.4) is 0 Å². The number of methoxy groups -OCH3 is 1. The molecule has 2 fully saturated rings. The van der Waals surface area contributed by atoms with Crippen molar-refractivity contribution in [1.82, 2.24) is 29.5 Å². The molecule has 1 amide bonds. The maximum Gasteiger partial charge on any atom is 0.257 e. The molecule has 0 unspecified atom stereocenters. The molecule has 10 nitrogen and oxygen atoms in total. The average Bonchev–Trinajstić information content (AvgIpc) is 3.63. The zero-order valence-corrected chi connectivity index (χ0v) is 19.4. The molecule has 0 aromatic carbocycles. The van der Waals surface area contributed by atoms with Crippen molar-refractivity contribution in [3.8, 4) is 22.6 Å². The summed E-state index contributed by atoms with van der Waals surface area (Å²) < 4.78 is 28.6. The quantitative estimate of drug-likeness (QED) is 0.438. The summed E-state index contributed by atoms with van der Waals surface area (Å²) in [7, 11) is 3.47. The van der Waals surface area contributed by atoms with E-state index >= 15 is 0 Å². The van der Waals surface area contributed by atoms with Crippen LogP contribution in [-0.4, -0.2) is 75.7 Å². The second-order valence-corrected chi connectivity index (χ2v) is 8.95. The zero-order chi connectivity index (χ0) is 24.1. The zero-order valence-electron chi connectivity index (χ0n) is 19.4. The van der Waals surface area contributed by atoms with Crippen molar-refractivity contribution in [3.05, 3.63) is 42.4 Å². The van der Waals surface area contributed by atoms with Gasteiger partial charge in [-0.1, -0.05) is 0 Å². The monoisotopic (exact) mass is 479 g/mol. The molecule has 2 aromatic rings. The second kappa shape index (κ2) is 8.58. The first kappa shape index (κ1) is 21.9. The van der Waals surface area contributed by atoms with Gasteiger partial charge >= 0.3 is 0 Å². The van der Waals surface area contributed by atoms with Gasteiger partial charge in [0.2, 0.25) is 0 Å². The molecular weight excluding hydrogens is 453 g/mol. The van der Waals surface area contributed by atoms with E-state index in [4.69, 9.17) is 19.4 Å². The molecule has 1 aliphatic carbocycles. The third kappa shape index (κ3) is 3.53. The van der Waals surface area contributed by atoms with Crippen LogP contribution in [0.1, 0.15) is 29.2 Å². The number of nitrogens with zero attached hydrogens (tertiary/aromatic N) is 5. The summed E-state index contributed by atoms with van der Waals surface area (Å²) in [5.74, 6) is 1.09. The van der Waals surface area contributed by atoms with Gasteiger partial charge in [-0.3, -0.25) is 4.79 Å². The van der Waals surface area contributed by atoms with E-state index in [1.165, 1.54) is 6.20 Å². The maximum absolute atomic E-state index is 13.7. The van der Waals surface area contributed by atoms with Gasteiger partial charge in [0.25, 0.3) is 5.91 Å². The molecule has 3 aliphatic heterocycles. The van der Waals surface area contributed by atoms with Crippen molar-refractivity contribution >= 4 is 17.4 Å². The fourth-order valence-corrected chi connectivity index (χ4v) is 4.84. The average molecular weight is 480 g/mol. The first-order valence-electron chi connectivity index (χ1n) is 11.7. The molecule has 6 rings (SSSR count). The van der Waals surface area contributed by atoms with Gasteiger partial charge < -0.3 is 24.7 Å². The van der Waals surface area contributed by atoms with Crippen LogP contribution in [0, 0.1) is 0 Å². The number of nitrogens with one attached hydrogen (secondary N) is 2. The van der Waals surface area contributed by atoms with Crippen LogP contribution in [-0.2, 0) is 9.47 Å². The van der Waals surface area contributed by atoms with Crippen LogP contribution in [0.5, 0.6) is 0 Å². The van der Waals surface area contributed by atoms with Crippen LogP contribution in [0.25, 0.3) is 28.3 Å². The molecule has 4 atom stereocenters. The Labute approximate surface area is 200 Å². The smallest absolute Gasteiger partial charge is 0.257 e. The highest BCUT2D eigenvalue weighted by Crippen LogP contribution is 2.37. The maximum atomic E-state index is 13.7. The van der Waals surface area contributed by atoms with Crippen LogP contribution in [0.2, 0.25) is 0 Å². The third-order valence-electron chi connectivity index (χ3n) is 7.02. The summed E-state index contributed by atoms with van der Waals surface area (Å²) in [6.07, 6.45) is 5.29. The number of amides is 1. The van der Waals surface area contributed by atoms with E-state index in [1.54, 1.807) is 24.9 Å². The van der Waals surface area contributed by atoms with E-state index in [0.717, 1.165) is 17.0 Å². The van der Waals surface area contributed by atoms with Gasteiger partial charge in [0.1, 0.15) is 29.5 Å². The number of pyridine rings is 1. The number of carbonyl (C=O) groups is 1. The standard InChI is InChI=1S/C24H26FN7O3/c1-26-21-8-18(29-23-15(10-28-32(21)23)24(33)30-17-6-5-16(17)25)14-9-27-22-13(14)4-3-7-31(22)19-11-35-12-20(19)34-2/h3-4,7-10,16-17,19-20,26H,5-6,11-12H2,1-2H3,(H,30,33)/t16-,17+,19-,20-/m0/s1. The van der Waals surface area contributed by atoms with Crippen molar-refractivity contribution in [3.63, 3.8) is 0 Å². The topological polar surface area (TPSA) is 108 Å². The summed E-state index contributed by atoms with van der Waals surface area (Å²) >= 11 is 0. The largest absolute Gasteiger partial charge is 0.377 e. The van der Waals surface area contributed by atoms with Crippen LogP contribution < -0.4 is 10.6 Å². The number of alkyl halides is 1. The van der Waals surface area contributed by atoms with Gasteiger partial charge in [-0.05, 0) is 25.0 Å². The minimum atomic E-state index is -1.01. The van der Waals surface area contributed by atoms with Gasteiger partial charge in [0, 0.05) is 43.7 Å². The number of anilines is 1. The molecular formula is C24H26FN7O3. The van der Waals surface area contributed by atoms with Gasteiger partial charge in [-0.25, -0.2) is 14.4 Å². The Kier molecular flexibility index (Phi) is 5.37. The summed E-state index contributed by atoms with van der Waals surface area (Å²) in [6, 6.07) is 5.40. The Bertz CT molecular complexity index is 1370. The fraction of sp³-hybridized carbons (Fsp3) is 0.417. The number of fused-ring (bicyclic) bond motifs is 2. The number of halogens is 1. The summed E-state index contributed by atoms with van der Waals surface area (Å²) in [6.45, 7) is 1.09. The number of hydrogen-bond donors (Lipinski definition) is 2. The van der Waals surface area contributed by atoms with Gasteiger partial charge in [-0.2, -0.15) is 9.61 Å². The van der Waals surface area contributed by atoms with E-state index in [9.17, 15) is 9.18 Å². The van der Waals surface area contributed by atoms with Crippen LogP contribution in [0.15, 0.2) is 36.8 Å². The predicted octanol–water partition coefficient (Wildman–Crippen LogP) is 2.56. The number of aromatic nitrogens is 5. The molecule has 0 radical (unpaired) electrons. The molecule has 4 aliphatic rings. The predicted molar refractivity (Wildman–Crippen MR) is 126 cm³/mol. The minimum absolute atomic E-state index is 0.0192. The van der Waals surface area contributed by atoms with Crippen molar-refractivity contribution < 1.29 is 18.7 Å². The summed E-state index contributed by atoms with van der Waals surface area (Å²) in [4.78, 5) is 22.4. The normalized spacial score (nSPS) is 24.1. The highest BCUT2D eigenvalue weighted by atomic mass is 19.1. The first-order chi connectivity index (χ1) is 17.1. The van der Waals surface area contributed by atoms with Crippen LogP contribution >= 0.6 is 0 Å².